The average molecular weight is 275 g/mol. The zero-order valence-corrected chi connectivity index (χ0v) is 12.5. The average Bonchev–Trinajstić information content (AvgIpc) is 3.09. The van der Waals surface area contributed by atoms with Crippen molar-refractivity contribution in [1.29, 1.82) is 0 Å². The molecule has 1 aliphatic heterocycles. The molecule has 1 saturated heterocycles. The molecule has 20 heavy (non-hydrogen) atoms. The highest BCUT2D eigenvalue weighted by atomic mass is 16.2. The third-order valence-corrected chi connectivity index (χ3v) is 5.42. The summed E-state index contributed by atoms with van der Waals surface area (Å²) >= 11 is 0. The molecule has 3 nitrogen and oxygen atoms in total. The van der Waals surface area contributed by atoms with Gasteiger partial charge in [-0.2, -0.15) is 0 Å². The van der Waals surface area contributed by atoms with Crippen LogP contribution in [0.3, 0.4) is 0 Å². The summed E-state index contributed by atoms with van der Waals surface area (Å²) < 4.78 is 0. The second-order valence-corrected chi connectivity index (χ2v) is 6.74. The van der Waals surface area contributed by atoms with Crippen LogP contribution in [0.25, 0.3) is 0 Å². The number of unbranched alkanes of at least 4 members (excludes halogenated alkanes) is 3. The number of likely N-dealkylation sites (tertiary alicyclic amines) is 1. The number of imide groups is 1. The van der Waals surface area contributed by atoms with Crippen molar-refractivity contribution in [3.63, 3.8) is 0 Å². The van der Waals surface area contributed by atoms with Gasteiger partial charge in [-0.05, 0) is 31.6 Å². The third kappa shape index (κ3) is 2.02. The molecule has 2 aliphatic carbocycles. The number of carbonyl (C=O) groups is 2. The van der Waals surface area contributed by atoms with E-state index in [4.69, 9.17) is 0 Å². The largest absolute Gasteiger partial charge is 0.279 e. The Morgan fingerprint density at radius 1 is 1.10 bits per heavy atom. The van der Waals surface area contributed by atoms with E-state index in [1.807, 2.05) is 6.92 Å². The second-order valence-electron chi connectivity index (χ2n) is 6.74. The van der Waals surface area contributed by atoms with E-state index in [1.54, 1.807) is 4.90 Å². The Kier molecular flexibility index (Phi) is 3.70. The number of rotatable bonds is 6. The van der Waals surface area contributed by atoms with E-state index in [9.17, 15) is 9.59 Å². The van der Waals surface area contributed by atoms with Gasteiger partial charge < -0.3 is 0 Å². The Hall–Kier alpha value is -1.12. The van der Waals surface area contributed by atoms with Crippen LogP contribution < -0.4 is 0 Å². The van der Waals surface area contributed by atoms with E-state index in [1.165, 1.54) is 19.3 Å². The lowest BCUT2D eigenvalue weighted by atomic mass is 9.85. The summed E-state index contributed by atoms with van der Waals surface area (Å²) in [5.74, 6) is 0.823. The summed E-state index contributed by atoms with van der Waals surface area (Å²) in [5, 5.41) is 0. The van der Waals surface area contributed by atoms with E-state index in [2.05, 4.69) is 19.1 Å². The van der Waals surface area contributed by atoms with Crippen molar-refractivity contribution in [2.24, 2.45) is 23.7 Å². The van der Waals surface area contributed by atoms with Crippen LogP contribution >= 0.6 is 0 Å². The Balaban J connectivity index is 1.64. The maximum atomic E-state index is 12.6. The molecular weight excluding hydrogens is 250 g/mol. The van der Waals surface area contributed by atoms with E-state index in [-0.39, 0.29) is 29.7 Å². The van der Waals surface area contributed by atoms with Gasteiger partial charge >= 0.3 is 0 Å². The van der Waals surface area contributed by atoms with Crippen molar-refractivity contribution in [2.45, 2.75) is 58.4 Å². The molecule has 1 saturated carbocycles. The molecular formula is C17H25NO2. The highest BCUT2D eigenvalue weighted by molar-refractivity contribution is 6.06. The van der Waals surface area contributed by atoms with Crippen molar-refractivity contribution in [3.05, 3.63) is 12.2 Å². The zero-order chi connectivity index (χ0) is 14.3. The molecule has 3 aliphatic rings. The van der Waals surface area contributed by atoms with Gasteiger partial charge in [0.1, 0.15) is 0 Å². The molecule has 0 radical (unpaired) electrons. The lowest BCUT2D eigenvalue weighted by Crippen LogP contribution is -2.40. The van der Waals surface area contributed by atoms with Crippen molar-refractivity contribution in [3.8, 4) is 0 Å². The van der Waals surface area contributed by atoms with Crippen LogP contribution in [0.4, 0.5) is 0 Å². The van der Waals surface area contributed by atoms with Gasteiger partial charge in [0.15, 0.2) is 0 Å². The van der Waals surface area contributed by atoms with Crippen molar-refractivity contribution < 1.29 is 9.59 Å². The van der Waals surface area contributed by atoms with Crippen molar-refractivity contribution >= 4 is 11.8 Å². The molecule has 2 fully saturated rings. The lowest BCUT2D eigenvalue weighted by Gasteiger charge is -2.24. The summed E-state index contributed by atoms with van der Waals surface area (Å²) in [6, 6.07) is 0.0804. The fourth-order valence-electron chi connectivity index (χ4n) is 4.36. The standard InChI is InChI=1S/C17H25NO2/c1-3-4-5-6-7-11(2)18-16(19)14-12-8-9-13(10-12)15(14)17(18)20/h8-9,11-15H,3-7,10H2,1-2H3. The summed E-state index contributed by atoms with van der Waals surface area (Å²) in [5.41, 5.74) is 0. The van der Waals surface area contributed by atoms with Gasteiger partial charge in [0, 0.05) is 6.04 Å². The van der Waals surface area contributed by atoms with Crippen molar-refractivity contribution in [1.82, 2.24) is 4.90 Å². The molecule has 5 unspecified atom stereocenters. The summed E-state index contributed by atoms with van der Waals surface area (Å²) in [4.78, 5) is 26.8. The van der Waals surface area contributed by atoms with Gasteiger partial charge in [-0.3, -0.25) is 14.5 Å². The second kappa shape index (κ2) is 5.34. The lowest BCUT2D eigenvalue weighted by molar-refractivity contribution is -0.143. The van der Waals surface area contributed by atoms with Gasteiger partial charge in [-0.25, -0.2) is 0 Å². The third-order valence-electron chi connectivity index (χ3n) is 5.42. The molecule has 3 heteroatoms. The van der Waals surface area contributed by atoms with Crippen LogP contribution in [-0.2, 0) is 9.59 Å². The number of nitrogens with zero attached hydrogens (tertiary/aromatic N) is 1. The predicted molar refractivity (Wildman–Crippen MR) is 77.8 cm³/mol. The minimum atomic E-state index is -0.0319. The van der Waals surface area contributed by atoms with E-state index in [0.717, 1.165) is 19.3 Å². The molecule has 3 rings (SSSR count). The molecule has 0 N–H and O–H groups in total. The highest BCUT2D eigenvalue weighted by Crippen LogP contribution is 2.52. The molecule has 1 heterocycles. The predicted octanol–water partition coefficient (Wildman–Crippen LogP) is 3.15. The number of allylic oxidation sites excluding steroid dienone is 2. The summed E-state index contributed by atoms with van der Waals surface area (Å²) in [6.45, 7) is 4.24. The van der Waals surface area contributed by atoms with Gasteiger partial charge in [0.25, 0.3) is 0 Å². The van der Waals surface area contributed by atoms with Crippen LogP contribution in [0.1, 0.15) is 52.4 Å². The van der Waals surface area contributed by atoms with Crippen LogP contribution in [0.15, 0.2) is 12.2 Å². The SMILES string of the molecule is CCCCCCC(C)N1C(=O)C2C3C=CC(C3)C2C1=O. The maximum absolute atomic E-state index is 12.6. The van der Waals surface area contributed by atoms with Gasteiger partial charge in [0.2, 0.25) is 11.8 Å². The Morgan fingerprint density at radius 2 is 1.70 bits per heavy atom. The quantitative estimate of drug-likeness (QED) is 0.424. The molecule has 2 bridgehead atoms. The number of amides is 2. The van der Waals surface area contributed by atoms with E-state index in [0.29, 0.717) is 11.8 Å². The number of fused-ring (bicyclic) bond motifs is 5. The van der Waals surface area contributed by atoms with Gasteiger partial charge in [-0.15, -0.1) is 0 Å². The summed E-state index contributed by atoms with van der Waals surface area (Å²) in [7, 11) is 0. The van der Waals surface area contributed by atoms with Gasteiger partial charge in [-0.1, -0.05) is 44.8 Å². The van der Waals surface area contributed by atoms with E-state index < -0.39 is 0 Å². The highest BCUT2D eigenvalue weighted by Gasteiger charge is 2.59. The monoisotopic (exact) mass is 275 g/mol. The molecule has 0 spiro atoms. The first-order valence-electron chi connectivity index (χ1n) is 8.20. The van der Waals surface area contributed by atoms with E-state index >= 15 is 0 Å². The number of hydrogen-bond donors (Lipinski definition) is 0. The normalized spacial score (nSPS) is 36.0. The fourth-order valence-corrected chi connectivity index (χ4v) is 4.36. The topological polar surface area (TPSA) is 37.4 Å². The molecule has 0 aromatic rings. The molecule has 5 atom stereocenters. The molecule has 2 amide bonds. The van der Waals surface area contributed by atoms with Crippen LogP contribution in [0.5, 0.6) is 0 Å². The Bertz CT molecular complexity index is 412. The summed E-state index contributed by atoms with van der Waals surface area (Å²) in [6.07, 6.45) is 11.1. The Morgan fingerprint density at radius 3 is 2.25 bits per heavy atom. The Labute approximate surface area is 121 Å². The van der Waals surface area contributed by atoms with Crippen LogP contribution in [-0.4, -0.2) is 22.8 Å². The number of hydrogen-bond acceptors (Lipinski definition) is 2. The van der Waals surface area contributed by atoms with Crippen LogP contribution in [0, 0.1) is 23.7 Å². The van der Waals surface area contributed by atoms with Crippen LogP contribution in [0.2, 0.25) is 0 Å². The van der Waals surface area contributed by atoms with Crippen molar-refractivity contribution in [2.75, 3.05) is 0 Å². The molecule has 0 aromatic carbocycles. The first-order chi connectivity index (χ1) is 9.65. The molecule has 0 aromatic heterocycles. The zero-order valence-electron chi connectivity index (χ0n) is 12.5. The fraction of sp³-hybridized carbons (Fsp3) is 0.765. The first-order valence-corrected chi connectivity index (χ1v) is 8.20. The molecule has 110 valence electrons. The first kappa shape index (κ1) is 13.8. The minimum absolute atomic E-state index is 0.0319. The smallest absolute Gasteiger partial charge is 0.233 e. The minimum Gasteiger partial charge on any atom is -0.279 e. The van der Waals surface area contributed by atoms with Gasteiger partial charge in [0.05, 0.1) is 11.8 Å². The number of carbonyl (C=O) groups excluding carboxylic acids is 2. The maximum Gasteiger partial charge on any atom is 0.233 e.